The van der Waals surface area contributed by atoms with E-state index < -0.39 is 11.8 Å². The standard InChI is InChI=1S/C25H20FN5O3/c1-34-24(33)17-9-13-20(14-10-17)30-25-27-15-21(26)22(31-25)28-19-11-7-16(8-12-19)23(32)29-18-5-3-2-4-6-18/h2-15H,1H3,(H,29,32)(H2,27,28,30,31). The van der Waals surface area contributed by atoms with Crippen LogP contribution >= 0.6 is 0 Å². The zero-order chi connectivity index (χ0) is 23.9. The van der Waals surface area contributed by atoms with Crippen molar-refractivity contribution in [2.24, 2.45) is 0 Å². The summed E-state index contributed by atoms with van der Waals surface area (Å²) in [5.74, 6) is -1.22. The first-order chi connectivity index (χ1) is 16.5. The lowest BCUT2D eigenvalue weighted by Crippen LogP contribution is -2.11. The fraction of sp³-hybridized carbons (Fsp3) is 0.0400. The molecule has 1 aromatic heterocycles. The highest BCUT2D eigenvalue weighted by Crippen LogP contribution is 2.21. The number of benzene rings is 3. The van der Waals surface area contributed by atoms with Crippen LogP contribution in [0.2, 0.25) is 0 Å². The minimum Gasteiger partial charge on any atom is -0.465 e. The lowest BCUT2D eigenvalue weighted by molar-refractivity contribution is 0.0600. The number of methoxy groups -OCH3 is 1. The molecule has 0 unspecified atom stereocenters. The van der Waals surface area contributed by atoms with Gasteiger partial charge < -0.3 is 20.7 Å². The summed E-state index contributed by atoms with van der Waals surface area (Å²) in [6, 6.07) is 22.2. The van der Waals surface area contributed by atoms with Crippen LogP contribution in [0.4, 0.5) is 33.2 Å². The third-order valence-electron chi connectivity index (χ3n) is 4.75. The SMILES string of the molecule is COC(=O)c1ccc(Nc2ncc(F)c(Nc3ccc(C(=O)Nc4ccccc4)cc3)n2)cc1. The van der Waals surface area contributed by atoms with Crippen LogP contribution in [0.5, 0.6) is 0 Å². The third kappa shape index (κ3) is 5.52. The third-order valence-corrected chi connectivity index (χ3v) is 4.75. The summed E-state index contributed by atoms with van der Waals surface area (Å²) in [4.78, 5) is 32.0. The number of rotatable bonds is 7. The molecule has 0 fully saturated rings. The molecule has 0 saturated carbocycles. The Balaban J connectivity index is 1.43. The van der Waals surface area contributed by atoms with Gasteiger partial charge in [0.15, 0.2) is 11.6 Å². The number of halogens is 1. The number of nitrogens with zero attached hydrogens (tertiary/aromatic N) is 2. The summed E-state index contributed by atoms with van der Waals surface area (Å²) in [6.07, 6.45) is 1.04. The lowest BCUT2D eigenvalue weighted by atomic mass is 10.2. The van der Waals surface area contributed by atoms with Crippen LogP contribution < -0.4 is 16.0 Å². The molecule has 8 nitrogen and oxygen atoms in total. The van der Waals surface area contributed by atoms with Gasteiger partial charge in [0.1, 0.15) is 0 Å². The molecule has 0 aliphatic heterocycles. The van der Waals surface area contributed by atoms with E-state index in [2.05, 4.69) is 30.7 Å². The Morgan fingerprint density at radius 2 is 1.41 bits per heavy atom. The second-order valence-electron chi connectivity index (χ2n) is 7.11. The van der Waals surface area contributed by atoms with Crippen molar-refractivity contribution in [2.45, 2.75) is 0 Å². The number of ether oxygens (including phenoxy) is 1. The maximum absolute atomic E-state index is 14.3. The van der Waals surface area contributed by atoms with E-state index in [-0.39, 0.29) is 17.7 Å². The molecule has 0 saturated heterocycles. The monoisotopic (exact) mass is 457 g/mol. The van der Waals surface area contributed by atoms with Crippen molar-refractivity contribution < 1.29 is 18.7 Å². The predicted octanol–water partition coefficient (Wildman–Crippen LogP) is 5.14. The molecule has 0 aliphatic carbocycles. The topological polar surface area (TPSA) is 105 Å². The van der Waals surface area contributed by atoms with E-state index in [1.165, 1.54) is 7.11 Å². The fourth-order valence-corrected chi connectivity index (χ4v) is 3.02. The average Bonchev–Trinajstić information content (AvgIpc) is 2.87. The maximum atomic E-state index is 14.3. The van der Waals surface area contributed by atoms with Crippen molar-refractivity contribution in [2.75, 3.05) is 23.1 Å². The molecule has 3 N–H and O–H groups in total. The Kier molecular flexibility index (Phi) is 6.73. The average molecular weight is 457 g/mol. The molecule has 1 heterocycles. The first-order valence-electron chi connectivity index (χ1n) is 10.2. The van der Waals surface area contributed by atoms with Gasteiger partial charge in [0, 0.05) is 22.6 Å². The smallest absolute Gasteiger partial charge is 0.337 e. The predicted molar refractivity (Wildman–Crippen MR) is 127 cm³/mol. The molecule has 0 aliphatic rings. The summed E-state index contributed by atoms with van der Waals surface area (Å²) in [7, 11) is 1.31. The summed E-state index contributed by atoms with van der Waals surface area (Å²) in [6.45, 7) is 0. The highest BCUT2D eigenvalue weighted by Gasteiger charge is 2.10. The van der Waals surface area contributed by atoms with Gasteiger partial charge in [-0.3, -0.25) is 4.79 Å². The quantitative estimate of drug-likeness (QED) is 0.330. The molecular formula is C25H20FN5O3. The Morgan fingerprint density at radius 3 is 2.06 bits per heavy atom. The highest BCUT2D eigenvalue weighted by molar-refractivity contribution is 6.04. The van der Waals surface area contributed by atoms with E-state index in [1.807, 2.05) is 18.2 Å². The number of esters is 1. The van der Waals surface area contributed by atoms with Crippen LogP contribution in [0, 0.1) is 5.82 Å². The van der Waals surface area contributed by atoms with Gasteiger partial charge in [-0.15, -0.1) is 0 Å². The van der Waals surface area contributed by atoms with Gasteiger partial charge >= 0.3 is 5.97 Å². The molecule has 170 valence electrons. The number of amides is 1. The molecule has 4 rings (SSSR count). The van der Waals surface area contributed by atoms with Gasteiger partial charge in [-0.05, 0) is 60.7 Å². The largest absolute Gasteiger partial charge is 0.465 e. The zero-order valence-electron chi connectivity index (χ0n) is 18.1. The van der Waals surface area contributed by atoms with Crippen LogP contribution in [0.1, 0.15) is 20.7 Å². The maximum Gasteiger partial charge on any atom is 0.337 e. The molecule has 9 heteroatoms. The van der Waals surface area contributed by atoms with Gasteiger partial charge in [0.25, 0.3) is 5.91 Å². The molecule has 0 atom stereocenters. The van der Waals surface area contributed by atoms with Crippen LogP contribution in [-0.4, -0.2) is 29.0 Å². The molecule has 0 bridgehead atoms. The highest BCUT2D eigenvalue weighted by atomic mass is 19.1. The van der Waals surface area contributed by atoms with E-state index in [9.17, 15) is 14.0 Å². The minimum atomic E-state index is -0.641. The lowest BCUT2D eigenvalue weighted by Gasteiger charge is -2.10. The van der Waals surface area contributed by atoms with Crippen molar-refractivity contribution in [3.05, 3.63) is 102 Å². The van der Waals surface area contributed by atoms with E-state index in [0.717, 1.165) is 6.20 Å². The molecule has 0 radical (unpaired) electrons. The number of para-hydroxylation sites is 1. The first kappa shape index (κ1) is 22.4. The number of hydrogen-bond acceptors (Lipinski definition) is 7. The summed E-state index contributed by atoms with van der Waals surface area (Å²) in [5.41, 5.74) is 2.70. The second-order valence-corrected chi connectivity index (χ2v) is 7.11. The summed E-state index contributed by atoms with van der Waals surface area (Å²) in [5, 5.41) is 8.65. The van der Waals surface area contributed by atoms with Gasteiger partial charge in [-0.2, -0.15) is 4.98 Å². The van der Waals surface area contributed by atoms with E-state index in [4.69, 9.17) is 0 Å². The van der Waals surface area contributed by atoms with E-state index in [1.54, 1.807) is 60.7 Å². The van der Waals surface area contributed by atoms with Crippen LogP contribution in [0.3, 0.4) is 0 Å². The normalized spacial score (nSPS) is 10.3. The van der Waals surface area contributed by atoms with Gasteiger partial charge in [-0.25, -0.2) is 14.2 Å². The van der Waals surface area contributed by atoms with Crippen molar-refractivity contribution >= 4 is 40.7 Å². The molecular weight excluding hydrogens is 437 g/mol. The van der Waals surface area contributed by atoms with Crippen molar-refractivity contribution in [3.63, 3.8) is 0 Å². The van der Waals surface area contributed by atoms with Crippen LogP contribution in [-0.2, 0) is 4.74 Å². The molecule has 34 heavy (non-hydrogen) atoms. The van der Waals surface area contributed by atoms with Gasteiger partial charge in [0.05, 0.1) is 18.9 Å². The number of aromatic nitrogens is 2. The summed E-state index contributed by atoms with van der Waals surface area (Å²) < 4.78 is 19.0. The molecule has 0 spiro atoms. The van der Waals surface area contributed by atoms with E-state index in [0.29, 0.717) is 28.2 Å². The fourth-order valence-electron chi connectivity index (χ4n) is 3.02. The number of hydrogen-bond donors (Lipinski definition) is 3. The van der Waals surface area contributed by atoms with Crippen molar-refractivity contribution in [3.8, 4) is 0 Å². The second kappa shape index (κ2) is 10.2. The van der Waals surface area contributed by atoms with Crippen molar-refractivity contribution in [1.29, 1.82) is 0 Å². The molecule has 3 aromatic carbocycles. The van der Waals surface area contributed by atoms with E-state index >= 15 is 0 Å². The Hall–Kier alpha value is -4.79. The Morgan fingerprint density at radius 1 is 0.794 bits per heavy atom. The minimum absolute atomic E-state index is 0.0369. The first-order valence-corrected chi connectivity index (χ1v) is 10.2. The number of carbonyl (C=O) groups excluding carboxylic acids is 2. The Labute approximate surface area is 194 Å². The number of anilines is 5. The number of nitrogens with one attached hydrogen (secondary N) is 3. The summed E-state index contributed by atoms with van der Waals surface area (Å²) >= 11 is 0. The Bertz CT molecular complexity index is 1300. The van der Waals surface area contributed by atoms with Gasteiger partial charge in [0.2, 0.25) is 5.95 Å². The van der Waals surface area contributed by atoms with Gasteiger partial charge in [-0.1, -0.05) is 18.2 Å². The molecule has 1 amide bonds. The van der Waals surface area contributed by atoms with Crippen LogP contribution in [0.25, 0.3) is 0 Å². The zero-order valence-corrected chi connectivity index (χ0v) is 18.1. The van der Waals surface area contributed by atoms with Crippen molar-refractivity contribution in [1.82, 2.24) is 9.97 Å². The molecule has 4 aromatic rings. The van der Waals surface area contributed by atoms with Crippen LogP contribution in [0.15, 0.2) is 85.1 Å². The number of carbonyl (C=O) groups is 2.